The van der Waals surface area contributed by atoms with Crippen LogP contribution in [0.15, 0.2) is 72.8 Å². The lowest BCUT2D eigenvalue weighted by atomic mass is 10.0. The zero-order valence-electron chi connectivity index (χ0n) is 18.9. The monoisotopic (exact) mass is 464 g/mol. The Bertz CT molecular complexity index is 1120. The molecule has 0 aliphatic heterocycles. The number of ether oxygens (including phenoxy) is 2. The fraction of sp³-hybridized carbons (Fsp3) is 0.269. The molecule has 34 heavy (non-hydrogen) atoms. The number of esters is 1. The van der Waals surface area contributed by atoms with E-state index < -0.39 is 30.1 Å². The van der Waals surface area contributed by atoms with Gasteiger partial charge in [-0.15, -0.1) is 0 Å². The Labute approximate surface area is 197 Å². The average molecular weight is 465 g/mol. The molecule has 0 bridgehead atoms. The van der Waals surface area contributed by atoms with Gasteiger partial charge in [-0.1, -0.05) is 72.8 Å². The van der Waals surface area contributed by atoms with Gasteiger partial charge in [0, 0.05) is 13.0 Å². The van der Waals surface area contributed by atoms with Gasteiger partial charge in [0.25, 0.3) is 0 Å². The summed E-state index contributed by atoms with van der Waals surface area (Å²) in [6, 6.07) is 21.9. The zero-order valence-corrected chi connectivity index (χ0v) is 18.9. The third kappa shape index (κ3) is 7.60. The molecule has 3 rings (SSSR count). The number of aliphatic hydroxyl groups is 1. The van der Waals surface area contributed by atoms with Crippen molar-refractivity contribution in [2.24, 2.45) is 0 Å². The number of aliphatic hydroxyl groups excluding tert-OH is 1. The second kappa shape index (κ2) is 12.4. The second-order valence-corrected chi connectivity index (χ2v) is 7.83. The number of alkyl carbamates (subject to hydrolysis) is 1. The molecular weight excluding hydrogens is 436 g/mol. The topological polar surface area (TPSA) is 114 Å². The highest BCUT2D eigenvalue weighted by Crippen LogP contribution is 2.17. The number of hydrogen-bond donors (Lipinski definition) is 3. The molecule has 2 atom stereocenters. The van der Waals surface area contributed by atoms with Crippen molar-refractivity contribution in [2.75, 3.05) is 13.7 Å². The lowest BCUT2D eigenvalue weighted by molar-refractivity contribution is -0.145. The highest BCUT2D eigenvalue weighted by molar-refractivity contribution is 5.86. The van der Waals surface area contributed by atoms with E-state index in [0.717, 1.165) is 21.9 Å². The number of amides is 2. The van der Waals surface area contributed by atoms with Gasteiger partial charge in [0.1, 0.15) is 12.6 Å². The van der Waals surface area contributed by atoms with Gasteiger partial charge in [-0.3, -0.25) is 4.79 Å². The van der Waals surface area contributed by atoms with Crippen LogP contribution in [0.5, 0.6) is 0 Å². The minimum atomic E-state index is -1.15. The molecule has 178 valence electrons. The van der Waals surface area contributed by atoms with Crippen LogP contribution >= 0.6 is 0 Å². The van der Waals surface area contributed by atoms with Gasteiger partial charge in [-0.05, 0) is 21.9 Å². The van der Waals surface area contributed by atoms with Crippen molar-refractivity contribution in [1.82, 2.24) is 10.6 Å². The number of carbonyl (C=O) groups excluding carboxylic acids is 3. The molecule has 3 N–H and O–H groups in total. The van der Waals surface area contributed by atoms with Crippen molar-refractivity contribution in [1.29, 1.82) is 0 Å². The smallest absolute Gasteiger partial charge is 0.407 e. The Morgan fingerprint density at radius 2 is 1.62 bits per heavy atom. The van der Waals surface area contributed by atoms with E-state index in [0.29, 0.717) is 0 Å². The van der Waals surface area contributed by atoms with Crippen LogP contribution in [-0.2, 0) is 32.1 Å². The molecule has 0 aliphatic carbocycles. The first-order valence-corrected chi connectivity index (χ1v) is 10.9. The second-order valence-electron chi connectivity index (χ2n) is 7.83. The minimum absolute atomic E-state index is 0.0961. The molecule has 2 amide bonds. The summed E-state index contributed by atoms with van der Waals surface area (Å²) in [5, 5.41) is 17.3. The molecule has 0 heterocycles. The number of carbonyl (C=O) groups is 3. The van der Waals surface area contributed by atoms with Crippen LogP contribution in [0.4, 0.5) is 4.79 Å². The molecular formula is C26H28N2O6. The van der Waals surface area contributed by atoms with E-state index in [2.05, 4.69) is 10.6 Å². The van der Waals surface area contributed by atoms with E-state index in [4.69, 9.17) is 9.47 Å². The van der Waals surface area contributed by atoms with Crippen LogP contribution in [0.2, 0.25) is 0 Å². The van der Waals surface area contributed by atoms with Crippen molar-refractivity contribution in [3.8, 4) is 0 Å². The van der Waals surface area contributed by atoms with Crippen LogP contribution in [0, 0.1) is 0 Å². The maximum Gasteiger partial charge on any atom is 0.407 e. The first-order chi connectivity index (χ1) is 16.4. The Kier molecular flexibility index (Phi) is 8.99. The summed E-state index contributed by atoms with van der Waals surface area (Å²) in [5.74, 6) is -1.12. The predicted octanol–water partition coefficient (Wildman–Crippen LogP) is 2.72. The molecule has 3 aromatic rings. The van der Waals surface area contributed by atoms with E-state index >= 15 is 0 Å². The Hall–Kier alpha value is -3.91. The number of rotatable bonds is 10. The summed E-state index contributed by atoms with van der Waals surface area (Å²) < 4.78 is 9.90. The van der Waals surface area contributed by atoms with E-state index in [-0.39, 0.29) is 26.0 Å². The molecule has 0 saturated carbocycles. The quantitative estimate of drug-likeness (QED) is 0.398. The van der Waals surface area contributed by atoms with Gasteiger partial charge in [-0.2, -0.15) is 0 Å². The minimum Gasteiger partial charge on any atom is -0.467 e. The number of nitrogens with one attached hydrogen (secondary N) is 2. The van der Waals surface area contributed by atoms with Crippen molar-refractivity contribution < 1.29 is 29.0 Å². The lowest BCUT2D eigenvalue weighted by Gasteiger charge is -2.18. The fourth-order valence-electron chi connectivity index (χ4n) is 3.45. The molecule has 8 nitrogen and oxygen atoms in total. The van der Waals surface area contributed by atoms with Gasteiger partial charge in [0.05, 0.1) is 19.6 Å². The summed E-state index contributed by atoms with van der Waals surface area (Å²) in [5.41, 5.74) is 1.69. The summed E-state index contributed by atoms with van der Waals surface area (Å²) in [7, 11) is 1.25. The van der Waals surface area contributed by atoms with Crippen LogP contribution in [0.25, 0.3) is 10.8 Å². The van der Waals surface area contributed by atoms with Crippen LogP contribution in [-0.4, -0.2) is 48.9 Å². The predicted molar refractivity (Wildman–Crippen MR) is 127 cm³/mol. The number of hydrogen-bond acceptors (Lipinski definition) is 6. The Balaban J connectivity index is 1.47. The van der Waals surface area contributed by atoms with Crippen LogP contribution < -0.4 is 10.6 Å². The van der Waals surface area contributed by atoms with Crippen LogP contribution in [0.1, 0.15) is 17.5 Å². The van der Waals surface area contributed by atoms with E-state index in [1.807, 2.05) is 72.8 Å². The maximum atomic E-state index is 12.4. The first kappa shape index (κ1) is 24.7. The van der Waals surface area contributed by atoms with Crippen molar-refractivity contribution in [2.45, 2.75) is 31.6 Å². The molecule has 8 heteroatoms. The molecule has 0 spiro atoms. The number of benzene rings is 3. The third-order valence-electron chi connectivity index (χ3n) is 5.19. The molecule has 3 aromatic carbocycles. The molecule has 0 aliphatic rings. The number of fused-ring (bicyclic) bond motifs is 1. The summed E-state index contributed by atoms with van der Waals surface area (Å²) in [4.78, 5) is 36.5. The lowest BCUT2D eigenvalue weighted by Crippen LogP contribution is -2.45. The van der Waals surface area contributed by atoms with Gasteiger partial charge in [0.2, 0.25) is 5.91 Å². The van der Waals surface area contributed by atoms with E-state index in [1.165, 1.54) is 7.11 Å². The van der Waals surface area contributed by atoms with Crippen molar-refractivity contribution >= 4 is 28.7 Å². The van der Waals surface area contributed by atoms with Gasteiger partial charge >= 0.3 is 12.1 Å². The normalized spacial score (nSPS) is 12.4. The first-order valence-electron chi connectivity index (χ1n) is 10.9. The van der Waals surface area contributed by atoms with Crippen molar-refractivity contribution in [3.63, 3.8) is 0 Å². The molecule has 0 aromatic heterocycles. The molecule has 0 saturated heterocycles. The molecule has 0 fully saturated rings. The van der Waals surface area contributed by atoms with Crippen molar-refractivity contribution in [3.05, 3.63) is 83.9 Å². The van der Waals surface area contributed by atoms with Gasteiger partial charge in [0.15, 0.2) is 0 Å². The van der Waals surface area contributed by atoms with E-state index in [1.54, 1.807) is 0 Å². The number of methoxy groups -OCH3 is 1. The highest BCUT2D eigenvalue weighted by Gasteiger charge is 2.23. The van der Waals surface area contributed by atoms with Gasteiger partial charge in [-0.25, -0.2) is 9.59 Å². The van der Waals surface area contributed by atoms with Crippen LogP contribution in [0.3, 0.4) is 0 Å². The standard InChI is InChI=1S/C26H28N2O6/c1-33-25(31)23(14-19-11-12-20-9-5-6-10-21(20)13-19)28-24(30)15-22(29)16-27-26(32)34-17-18-7-3-2-4-8-18/h2-13,22-23,29H,14-17H2,1H3,(H,27,32)(H,28,30)/t22-,23+/m1/s1. The summed E-state index contributed by atoms with van der Waals surface area (Å²) in [6.45, 7) is -0.0759. The summed E-state index contributed by atoms with van der Waals surface area (Å²) in [6.07, 6.45) is -1.91. The maximum absolute atomic E-state index is 12.4. The third-order valence-corrected chi connectivity index (χ3v) is 5.19. The fourth-order valence-corrected chi connectivity index (χ4v) is 3.45. The van der Waals surface area contributed by atoms with E-state index in [9.17, 15) is 19.5 Å². The SMILES string of the molecule is COC(=O)[C@H](Cc1ccc2ccccc2c1)NC(=O)C[C@@H](O)CNC(=O)OCc1ccccc1. The average Bonchev–Trinajstić information content (AvgIpc) is 2.85. The zero-order chi connectivity index (χ0) is 24.3. The Morgan fingerprint density at radius 3 is 2.35 bits per heavy atom. The molecule has 0 unspecified atom stereocenters. The van der Waals surface area contributed by atoms with Gasteiger partial charge < -0.3 is 25.2 Å². The largest absolute Gasteiger partial charge is 0.467 e. The molecule has 0 radical (unpaired) electrons. The summed E-state index contributed by atoms with van der Waals surface area (Å²) >= 11 is 0. The highest BCUT2D eigenvalue weighted by atomic mass is 16.5. The Morgan fingerprint density at radius 1 is 0.912 bits per heavy atom.